The monoisotopic (exact) mass is 233 g/mol. The molecule has 2 rings (SSSR count). The molecule has 4 heteroatoms. The normalized spacial score (nSPS) is 10.8. The predicted octanol–water partition coefficient (Wildman–Crippen LogP) is 2.88. The van der Waals surface area contributed by atoms with Gasteiger partial charge in [-0.1, -0.05) is 12.1 Å². The Bertz CT molecular complexity index is 584. The molecule has 0 unspecified atom stereocenters. The smallest absolute Gasteiger partial charge is 0.356 e. The van der Waals surface area contributed by atoms with Gasteiger partial charge in [-0.3, -0.25) is 0 Å². The minimum absolute atomic E-state index is 0.124. The summed E-state index contributed by atoms with van der Waals surface area (Å²) in [6.07, 6.45) is 0. The number of benzene rings is 1. The van der Waals surface area contributed by atoms with E-state index < -0.39 is 5.97 Å². The number of carboxylic acids is 1. The van der Waals surface area contributed by atoms with E-state index in [1.807, 2.05) is 32.9 Å². The maximum atomic E-state index is 11.2. The summed E-state index contributed by atoms with van der Waals surface area (Å²) in [6.45, 7) is 6.18. The van der Waals surface area contributed by atoms with Crippen LogP contribution in [0.5, 0.6) is 5.75 Å². The summed E-state index contributed by atoms with van der Waals surface area (Å²) < 4.78 is 5.48. The summed E-state index contributed by atoms with van der Waals surface area (Å²) in [5.41, 5.74) is 2.99. The summed E-state index contributed by atoms with van der Waals surface area (Å²) in [5.74, 6) is -0.556. The Morgan fingerprint density at radius 3 is 2.59 bits per heavy atom. The highest BCUT2D eigenvalue weighted by molar-refractivity contribution is 6.02. The number of aromatic carboxylic acids is 1. The number of nitrogens with one attached hydrogen (secondary N) is 1. The molecule has 0 saturated carbocycles. The minimum Gasteiger partial charge on any atom is -0.491 e. The van der Waals surface area contributed by atoms with Gasteiger partial charge in [-0.2, -0.15) is 0 Å². The molecule has 2 N–H and O–H groups in total. The van der Waals surface area contributed by atoms with Gasteiger partial charge in [-0.15, -0.1) is 0 Å². The van der Waals surface area contributed by atoms with Crippen molar-refractivity contribution in [1.82, 2.24) is 4.98 Å². The minimum atomic E-state index is -0.997. The van der Waals surface area contributed by atoms with Crippen LogP contribution in [0.1, 0.15) is 28.5 Å². The van der Waals surface area contributed by atoms with Crippen molar-refractivity contribution in [3.63, 3.8) is 0 Å². The van der Waals surface area contributed by atoms with E-state index in [1.165, 1.54) is 0 Å². The quantitative estimate of drug-likeness (QED) is 0.856. The largest absolute Gasteiger partial charge is 0.491 e. The van der Waals surface area contributed by atoms with E-state index in [-0.39, 0.29) is 5.69 Å². The van der Waals surface area contributed by atoms with Crippen LogP contribution in [0.3, 0.4) is 0 Å². The Labute approximate surface area is 99.2 Å². The fraction of sp³-hybridized carbons (Fsp3) is 0.308. The summed E-state index contributed by atoms with van der Waals surface area (Å²) in [5, 5.41) is 10.0. The second-order valence-electron chi connectivity index (χ2n) is 4.02. The first kappa shape index (κ1) is 11.5. The van der Waals surface area contributed by atoms with Crippen molar-refractivity contribution in [2.75, 3.05) is 6.61 Å². The lowest BCUT2D eigenvalue weighted by Gasteiger charge is -2.05. The number of aromatic amines is 1. The topological polar surface area (TPSA) is 62.3 Å². The summed E-state index contributed by atoms with van der Waals surface area (Å²) >= 11 is 0. The first-order valence-corrected chi connectivity index (χ1v) is 5.54. The molecule has 0 spiro atoms. The number of hydrogen-bond acceptors (Lipinski definition) is 2. The van der Waals surface area contributed by atoms with Crippen molar-refractivity contribution in [2.45, 2.75) is 20.8 Å². The van der Waals surface area contributed by atoms with Crippen molar-refractivity contribution in [2.24, 2.45) is 0 Å². The molecule has 0 aliphatic rings. The van der Waals surface area contributed by atoms with Crippen LogP contribution >= 0.6 is 0 Å². The Kier molecular flexibility index (Phi) is 2.79. The summed E-state index contributed by atoms with van der Waals surface area (Å²) in [7, 11) is 0. The Morgan fingerprint density at radius 2 is 2.00 bits per heavy atom. The van der Waals surface area contributed by atoms with Crippen molar-refractivity contribution in [1.29, 1.82) is 0 Å². The average molecular weight is 233 g/mol. The Hall–Kier alpha value is -1.97. The van der Waals surface area contributed by atoms with Gasteiger partial charge >= 0.3 is 5.97 Å². The number of aromatic nitrogens is 1. The molecule has 0 atom stereocenters. The number of aryl methyl sites for hydroxylation is 2. The van der Waals surface area contributed by atoms with Gasteiger partial charge in [0, 0.05) is 5.39 Å². The molecule has 1 aromatic heterocycles. The highest BCUT2D eigenvalue weighted by atomic mass is 16.5. The number of H-pyrrole nitrogens is 1. The highest BCUT2D eigenvalue weighted by Gasteiger charge is 2.20. The highest BCUT2D eigenvalue weighted by Crippen LogP contribution is 2.34. The third-order valence-electron chi connectivity index (χ3n) is 2.83. The average Bonchev–Trinajstić information content (AvgIpc) is 2.65. The van der Waals surface area contributed by atoms with Crippen molar-refractivity contribution in [3.05, 3.63) is 29.0 Å². The van der Waals surface area contributed by atoms with Gasteiger partial charge < -0.3 is 14.8 Å². The maximum absolute atomic E-state index is 11.2. The van der Waals surface area contributed by atoms with Crippen LogP contribution in [0.25, 0.3) is 10.9 Å². The van der Waals surface area contributed by atoms with Gasteiger partial charge in [0.1, 0.15) is 0 Å². The van der Waals surface area contributed by atoms with E-state index in [0.717, 1.165) is 22.0 Å². The number of carbonyl (C=O) groups is 1. The molecule has 0 aliphatic carbocycles. The van der Waals surface area contributed by atoms with Crippen LogP contribution in [0.2, 0.25) is 0 Å². The second-order valence-corrected chi connectivity index (χ2v) is 4.02. The molecule has 2 aromatic rings. The van der Waals surface area contributed by atoms with Gasteiger partial charge in [-0.25, -0.2) is 4.79 Å². The van der Waals surface area contributed by atoms with Crippen LogP contribution in [0, 0.1) is 13.8 Å². The molecule has 1 heterocycles. The third-order valence-corrected chi connectivity index (χ3v) is 2.83. The van der Waals surface area contributed by atoms with E-state index in [1.54, 1.807) is 0 Å². The summed E-state index contributed by atoms with van der Waals surface area (Å²) in [6, 6.07) is 3.94. The van der Waals surface area contributed by atoms with Crippen LogP contribution in [0.4, 0.5) is 0 Å². The number of carboxylic acid groups (broad SMARTS) is 1. The van der Waals surface area contributed by atoms with Crippen molar-refractivity contribution >= 4 is 16.9 Å². The summed E-state index contributed by atoms with van der Waals surface area (Å²) in [4.78, 5) is 14.1. The fourth-order valence-electron chi connectivity index (χ4n) is 2.01. The van der Waals surface area contributed by atoms with Gasteiger partial charge in [0.2, 0.25) is 0 Å². The zero-order valence-electron chi connectivity index (χ0n) is 10.1. The van der Waals surface area contributed by atoms with Crippen molar-refractivity contribution in [3.8, 4) is 5.75 Å². The van der Waals surface area contributed by atoms with E-state index in [9.17, 15) is 4.79 Å². The third kappa shape index (κ3) is 1.75. The number of fused-ring (bicyclic) bond motifs is 1. The molecule has 0 aliphatic heterocycles. The molecule has 0 radical (unpaired) electrons. The number of hydrogen-bond donors (Lipinski definition) is 2. The van der Waals surface area contributed by atoms with Gasteiger partial charge in [0.15, 0.2) is 11.4 Å². The molecule has 17 heavy (non-hydrogen) atoms. The molecular weight excluding hydrogens is 218 g/mol. The van der Waals surface area contributed by atoms with Crippen LogP contribution in [-0.4, -0.2) is 22.7 Å². The number of ether oxygens (including phenoxy) is 1. The van der Waals surface area contributed by atoms with Crippen molar-refractivity contribution < 1.29 is 14.6 Å². The molecule has 90 valence electrons. The van der Waals surface area contributed by atoms with Crippen LogP contribution in [0.15, 0.2) is 12.1 Å². The lowest BCUT2D eigenvalue weighted by molar-refractivity contribution is 0.0687. The predicted molar refractivity (Wildman–Crippen MR) is 65.9 cm³/mol. The lowest BCUT2D eigenvalue weighted by Crippen LogP contribution is -2.01. The Balaban J connectivity index is 2.84. The molecule has 0 saturated heterocycles. The fourth-order valence-corrected chi connectivity index (χ4v) is 2.01. The standard InChI is InChI=1S/C13H15NO3/c1-4-17-12-9-7(2)5-6-8(3)10(9)14-11(12)13(15)16/h5-6,14H,4H2,1-3H3,(H,15,16). The molecular formula is C13H15NO3. The SMILES string of the molecule is CCOc1c(C(=O)O)[nH]c2c(C)ccc(C)c12. The second kappa shape index (κ2) is 4.13. The zero-order chi connectivity index (χ0) is 12.6. The maximum Gasteiger partial charge on any atom is 0.356 e. The van der Waals surface area contributed by atoms with Gasteiger partial charge in [-0.05, 0) is 31.9 Å². The molecule has 0 fully saturated rings. The molecule has 4 nitrogen and oxygen atoms in total. The van der Waals surface area contributed by atoms with E-state index >= 15 is 0 Å². The molecule has 0 amide bonds. The van der Waals surface area contributed by atoms with Gasteiger partial charge in [0.05, 0.1) is 12.1 Å². The van der Waals surface area contributed by atoms with E-state index in [0.29, 0.717) is 12.4 Å². The molecule has 1 aromatic carbocycles. The Morgan fingerprint density at radius 1 is 1.35 bits per heavy atom. The molecule has 0 bridgehead atoms. The zero-order valence-corrected chi connectivity index (χ0v) is 10.1. The van der Waals surface area contributed by atoms with Crippen LogP contribution in [-0.2, 0) is 0 Å². The van der Waals surface area contributed by atoms with Gasteiger partial charge in [0.25, 0.3) is 0 Å². The first-order valence-electron chi connectivity index (χ1n) is 5.54. The number of rotatable bonds is 3. The van der Waals surface area contributed by atoms with E-state index in [2.05, 4.69) is 4.98 Å². The van der Waals surface area contributed by atoms with Crippen LogP contribution < -0.4 is 4.74 Å². The first-order chi connectivity index (χ1) is 8.06. The van der Waals surface area contributed by atoms with E-state index in [4.69, 9.17) is 9.84 Å². The lowest BCUT2D eigenvalue weighted by atomic mass is 10.1.